The summed E-state index contributed by atoms with van der Waals surface area (Å²) in [5, 5.41) is 10.2. The average molecular weight is 304 g/mol. The molecule has 0 aromatic heterocycles. The van der Waals surface area contributed by atoms with Gasteiger partial charge >= 0.3 is 0 Å². The van der Waals surface area contributed by atoms with Gasteiger partial charge in [0.25, 0.3) is 0 Å². The molecule has 0 saturated carbocycles. The molecule has 0 amide bonds. The highest BCUT2D eigenvalue weighted by molar-refractivity contribution is 7.91. The second-order valence-electron chi connectivity index (χ2n) is 5.21. The maximum Gasteiger partial charge on any atom is 0.181 e. The molecule has 2 rings (SSSR count). The molecule has 0 aliphatic heterocycles. The van der Waals surface area contributed by atoms with E-state index in [1.54, 1.807) is 30.3 Å². The minimum Gasteiger partial charge on any atom is -0.387 e. The first-order chi connectivity index (χ1) is 9.92. The standard InChI is InChI=1S/C17H20O3S/c1-3-14-7-9-15(10-8-14)17(18)12-21(19,20)16-6-4-5-13(2)11-16/h4-11,17-18H,3,12H2,1-2H3. The topological polar surface area (TPSA) is 54.4 Å². The van der Waals surface area contributed by atoms with Crippen molar-refractivity contribution in [3.8, 4) is 0 Å². The van der Waals surface area contributed by atoms with E-state index in [-0.39, 0.29) is 10.6 Å². The minimum atomic E-state index is -3.50. The summed E-state index contributed by atoms with van der Waals surface area (Å²) in [6, 6.07) is 14.2. The smallest absolute Gasteiger partial charge is 0.181 e. The fourth-order valence-electron chi connectivity index (χ4n) is 2.18. The van der Waals surface area contributed by atoms with Gasteiger partial charge in [0.1, 0.15) is 0 Å². The summed E-state index contributed by atoms with van der Waals surface area (Å²) >= 11 is 0. The van der Waals surface area contributed by atoms with Gasteiger partial charge in [0.2, 0.25) is 0 Å². The van der Waals surface area contributed by atoms with Crippen LogP contribution in [0.2, 0.25) is 0 Å². The average Bonchev–Trinajstić information content (AvgIpc) is 2.47. The predicted octanol–water partition coefficient (Wildman–Crippen LogP) is 3.06. The van der Waals surface area contributed by atoms with Gasteiger partial charge in [0.15, 0.2) is 9.84 Å². The molecular formula is C17H20O3S. The largest absolute Gasteiger partial charge is 0.387 e. The van der Waals surface area contributed by atoms with Crippen LogP contribution < -0.4 is 0 Å². The first-order valence-corrected chi connectivity index (χ1v) is 8.64. The first-order valence-electron chi connectivity index (χ1n) is 6.98. The lowest BCUT2D eigenvalue weighted by Crippen LogP contribution is -2.15. The zero-order valence-corrected chi connectivity index (χ0v) is 13.1. The van der Waals surface area contributed by atoms with E-state index in [0.717, 1.165) is 17.5 Å². The van der Waals surface area contributed by atoms with Gasteiger partial charge in [-0.15, -0.1) is 0 Å². The molecule has 1 N–H and O–H groups in total. The number of aliphatic hydroxyl groups is 1. The van der Waals surface area contributed by atoms with Crippen LogP contribution in [0.4, 0.5) is 0 Å². The molecule has 0 saturated heterocycles. The van der Waals surface area contributed by atoms with Crippen molar-refractivity contribution >= 4 is 9.84 Å². The number of aliphatic hydroxyl groups excluding tert-OH is 1. The van der Waals surface area contributed by atoms with Crippen LogP contribution in [0.5, 0.6) is 0 Å². The van der Waals surface area contributed by atoms with Gasteiger partial charge in [-0.3, -0.25) is 0 Å². The minimum absolute atomic E-state index is 0.256. The molecule has 0 bridgehead atoms. The lowest BCUT2D eigenvalue weighted by molar-refractivity contribution is 0.201. The summed E-state index contributed by atoms with van der Waals surface area (Å²) in [5.74, 6) is -0.304. The third-order valence-corrected chi connectivity index (χ3v) is 5.23. The van der Waals surface area contributed by atoms with Crippen LogP contribution in [0.25, 0.3) is 0 Å². The molecule has 0 heterocycles. The SMILES string of the molecule is CCc1ccc(C(O)CS(=O)(=O)c2cccc(C)c2)cc1. The van der Waals surface area contributed by atoms with E-state index >= 15 is 0 Å². The van der Waals surface area contributed by atoms with Crippen molar-refractivity contribution < 1.29 is 13.5 Å². The van der Waals surface area contributed by atoms with E-state index in [0.29, 0.717) is 5.56 Å². The highest BCUT2D eigenvalue weighted by Gasteiger charge is 2.21. The van der Waals surface area contributed by atoms with Gasteiger partial charge in [-0.1, -0.05) is 43.3 Å². The molecule has 21 heavy (non-hydrogen) atoms. The quantitative estimate of drug-likeness (QED) is 0.923. The molecule has 0 radical (unpaired) electrons. The molecule has 0 spiro atoms. The maximum absolute atomic E-state index is 12.3. The summed E-state index contributed by atoms with van der Waals surface area (Å²) in [6.45, 7) is 3.90. The number of rotatable bonds is 5. The fraction of sp³-hybridized carbons (Fsp3) is 0.294. The fourth-order valence-corrected chi connectivity index (χ4v) is 3.64. The van der Waals surface area contributed by atoms with Crippen molar-refractivity contribution in [3.63, 3.8) is 0 Å². The molecule has 1 unspecified atom stereocenters. The third-order valence-electron chi connectivity index (χ3n) is 3.50. The van der Waals surface area contributed by atoms with Crippen molar-refractivity contribution in [2.45, 2.75) is 31.3 Å². The van der Waals surface area contributed by atoms with Crippen LogP contribution >= 0.6 is 0 Å². The Kier molecular flexibility index (Phi) is 4.80. The number of hydrogen-bond acceptors (Lipinski definition) is 3. The Morgan fingerprint density at radius 1 is 1.10 bits per heavy atom. The van der Waals surface area contributed by atoms with Gasteiger partial charge in [-0.25, -0.2) is 8.42 Å². The molecule has 1 atom stereocenters. The Bertz CT molecular complexity index is 703. The maximum atomic E-state index is 12.3. The molecule has 112 valence electrons. The molecule has 2 aromatic carbocycles. The zero-order chi connectivity index (χ0) is 15.5. The Morgan fingerprint density at radius 3 is 2.33 bits per heavy atom. The molecule has 0 fully saturated rings. The first kappa shape index (κ1) is 15.7. The number of benzene rings is 2. The van der Waals surface area contributed by atoms with Crippen LogP contribution in [0.15, 0.2) is 53.4 Å². The zero-order valence-electron chi connectivity index (χ0n) is 12.3. The van der Waals surface area contributed by atoms with Crippen molar-refractivity contribution in [3.05, 3.63) is 65.2 Å². The number of sulfone groups is 1. The van der Waals surface area contributed by atoms with Crippen LogP contribution in [0.1, 0.15) is 29.7 Å². The van der Waals surface area contributed by atoms with Gasteiger partial charge in [0.05, 0.1) is 16.8 Å². The molecular weight excluding hydrogens is 284 g/mol. The van der Waals surface area contributed by atoms with Crippen LogP contribution in [0, 0.1) is 6.92 Å². The number of aryl methyl sites for hydroxylation is 2. The predicted molar refractivity (Wildman–Crippen MR) is 84.0 cm³/mol. The molecule has 3 nitrogen and oxygen atoms in total. The lowest BCUT2D eigenvalue weighted by Gasteiger charge is -2.12. The van der Waals surface area contributed by atoms with E-state index in [9.17, 15) is 13.5 Å². The van der Waals surface area contributed by atoms with E-state index in [1.165, 1.54) is 0 Å². The highest BCUT2D eigenvalue weighted by atomic mass is 32.2. The summed E-state index contributed by atoms with van der Waals surface area (Å²) in [5.41, 5.74) is 2.67. The van der Waals surface area contributed by atoms with Crippen LogP contribution in [0.3, 0.4) is 0 Å². The molecule has 0 aliphatic carbocycles. The van der Waals surface area contributed by atoms with Crippen molar-refractivity contribution in [2.75, 3.05) is 5.75 Å². The van der Waals surface area contributed by atoms with E-state index in [4.69, 9.17) is 0 Å². The van der Waals surface area contributed by atoms with Gasteiger partial charge in [0, 0.05) is 0 Å². The molecule has 2 aromatic rings. The van der Waals surface area contributed by atoms with Gasteiger partial charge in [-0.2, -0.15) is 0 Å². The number of hydrogen-bond donors (Lipinski definition) is 1. The Labute approximate surface area is 126 Å². The monoisotopic (exact) mass is 304 g/mol. The molecule has 4 heteroatoms. The van der Waals surface area contributed by atoms with Gasteiger partial charge < -0.3 is 5.11 Å². The molecule has 0 aliphatic rings. The highest BCUT2D eigenvalue weighted by Crippen LogP contribution is 2.21. The van der Waals surface area contributed by atoms with Crippen molar-refractivity contribution in [2.24, 2.45) is 0 Å². The van der Waals surface area contributed by atoms with Crippen LogP contribution in [-0.4, -0.2) is 19.3 Å². The Morgan fingerprint density at radius 2 is 1.76 bits per heavy atom. The van der Waals surface area contributed by atoms with E-state index < -0.39 is 15.9 Å². The summed E-state index contributed by atoms with van der Waals surface area (Å²) in [4.78, 5) is 0.256. The second-order valence-corrected chi connectivity index (χ2v) is 7.24. The van der Waals surface area contributed by atoms with E-state index in [1.807, 2.05) is 32.0 Å². The Balaban J connectivity index is 2.19. The van der Waals surface area contributed by atoms with Crippen molar-refractivity contribution in [1.82, 2.24) is 0 Å². The normalized spacial score (nSPS) is 13.1. The second kappa shape index (κ2) is 6.41. The van der Waals surface area contributed by atoms with Crippen molar-refractivity contribution in [1.29, 1.82) is 0 Å². The lowest BCUT2D eigenvalue weighted by atomic mass is 10.1. The van der Waals surface area contributed by atoms with E-state index in [2.05, 4.69) is 0 Å². The summed E-state index contributed by atoms with van der Waals surface area (Å²) in [7, 11) is -3.50. The Hall–Kier alpha value is -1.65. The third kappa shape index (κ3) is 3.93. The summed E-state index contributed by atoms with van der Waals surface area (Å²) < 4.78 is 24.7. The van der Waals surface area contributed by atoms with Crippen LogP contribution in [-0.2, 0) is 16.3 Å². The van der Waals surface area contributed by atoms with Gasteiger partial charge in [-0.05, 0) is 42.2 Å². The summed E-state index contributed by atoms with van der Waals surface area (Å²) in [6.07, 6.45) is -0.0979.